The number of halogens is 4. The lowest BCUT2D eigenvalue weighted by Crippen LogP contribution is -2.43. The van der Waals surface area contributed by atoms with E-state index in [1.54, 1.807) is 6.07 Å². The summed E-state index contributed by atoms with van der Waals surface area (Å²) >= 11 is 1.91. The molecule has 0 fully saturated rings. The summed E-state index contributed by atoms with van der Waals surface area (Å²) in [5.74, 6) is -3.25. The number of rotatable bonds is 12. The van der Waals surface area contributed by atoms with Crippen LogP contribution in [0.15, 0.2) is 30.3 Å². The van der Waals surface area contributed by atoms with E-state index < -0.39 is 33.3 Å². The quantitative estimate of drug-likeness (QED) is 0.327. The number of methoxy groups -OCH3 is 1. The third kappa shape index (κ3) is 7.47. The van der Waals surface area contributed by atoms with Gasteiger partial charge in [-0.15, -0.1) is 0 Å². The van der Waals surface area contributed by atoms with Gasteiger partial charge in [-0.05, 0) is 52.9 Å². The van der Waals surface area contributed by atoms with Crippen LogP contribution < -0.4 is 15.4 Å². The van der Waals surface area contributed by atoms with Crippen molar-refractivity contribution in [1.29, 1.82) is 0 Å². The second-order valence-corrected chi connectivity index (χ2v) is 10.1. The van der Waals surface area contributed by atoms with Crippen molar-refractivity contribution in [2.45, 2.75) is 19.9 Å². The lowest BCUT2D eigenvalue weighted by Gasteiger charge is -2.24. The maximum absolute atomic E-state index is 14.6. The van der Waals surface area contributed by atoms with Gasteiger partial charge in [-0.3, -0.25) is 4.72 Å². The van der Waals surface area contributed by atoms with E-state index >= 15 is 0 Å². The molecule has 2 aromatic carbocycles. The Morgan fingerprint density at radius 1 is 1.06 bits per heavy atom. The average Bonchev–Trinajstić information content (AvgIpc) is 2.71. The normalized spacial score (nSPS) is 11.9. The predicted octanol–water partition coefficient (Wildman–Crippen LogP) is 4.06. The molecule has 0 saturated heterocycles. The van der Waals surface area contributed by atoms with E-state index in [-0.39, 0.29) is 37.1 Å². The third-order valence-corrected chi connectivity index (χ3v) is 6.52. The van der Waals surface area contributed by atoms with Gasteiger partial charge in [-0.25, -0.2) is 13.2 Å². The van der Waals surface area contributed by atoms with Gasteiger partial charge in [0.25, 0.3) is 0 Å². The van der Waals surface area contributed by atoms with Crippen molar-refractivity contribution in [2.75, 3.05) is 43.4 Å². The fourth-order valence-electron chi connectivity index (χ4n) is 2.71. The SMILES string of the molecule is COCCN(CCNC(C)C)S(=O)(=O)Nc1ccc(F)c(F)c1Nc1ccc(I)cc1F. The zero-order valence-electron chi connectivity index (χ0n) is 17.9. The second-order valence-electron chi connectivity index (χ2n) is 7.14. The molecule has 3 N–H and O–H groups in total. The summed E-state index contributed by atoms with van der Waals surface area (Å²) < 4.78 is 77.8. The van der Waals surface area contributed by atoms with E-state index in [1.165, 1.54) is 19.2 Å². The molecule has 32 heavy (non-hydrogen) atoms. The lowest BCUT2D eigenvalue weighted by atomic mass is 10.2. The van der Waals surface area contributed by atoms with Gasteiger partial charge in [0, 0.05) is 36.4 Å². The van der Waals surface area contributed by atoms with Crippen molar-refractivity contribution in [2.24, 2.45) is 0 Å². The molecule has 0 unspecified atom stereocenters. The number of hydrogen-bond donors (Lipinski definition) is 3. The first-order valence-electron chi connectivity index (χ1n) is 9.75. The average molecular weight is 586 g/mol. The van der Waals surface area contributed by atoms with Gasteiger partial charge in [0.1, 0.15) is 11.5 Å². The van der Waals surface area contributed by atoms with Crippen LogP contribution in [0, 0.1) is 21.0 Å². The van der Waals surface area contributed by atoms with Crippen LogP contribution in [0.1, 0.15) is 13.8 Å². The summed E-state index contributed by atoms with van der Waals surface area (Å²) in [7, 11) is -2.73. The molecule has 0 bridgehead atoms. The fraction of sp³-hybridized carbons (Fsp3) is 0.400. The minimum atomic E-state index is -4.17. The Bertz CT molecular complexity index is 1030. The van der Waals surface area contributed by atoms with Crippen LogP contribution in [0.3, 0.4) is 0 Å². The molecule has 0 amide bonds. The summed E-state index contributed by atoms with van der Waals surface area (Å²) in [6, 6.07) is 6.15. The number of ether oxygens (including phenoxy) is 1. The van der Waals surface area contributed by atoms with Crippen molar-refractivity contribution in [3.05, 3.63) is 51.4 Å². The zero-order valence-corrected chi connectivity index (χ0v) is 20.9. The maximum atomic E-state index is 14.6. The summed E-state index contributed by atoms with van der Waals surface area (Å²) in [5.41, 5.74) is -0.922. The molecule has 178 valence electrons. The van der Waals surface area contributed by atoms with Gasteiger partial charge in [0.2, 0.25) is 0 Å². The van der Waals surface area contributed by atoms with Gasteiger partial charge in [0.15, 0.2) is 11.6 Å². The number of anilines is 3. The summed E-state index contributed by atoms with van der Waals surface area (Å²) in [4.78, 5) is 0. The molecule has 0 atom stereocenters. The maximum Gasteiger partial charge on any atom is 0.301 e. The van der Waals surface area contributed by atoms with Crippen molar-refractivity contribution < 1.29 is 26.3 Å². The summed E-state index contributed by atoms with van der Waals surface area (Å²) in [6.07, 6.45) is 0. The lowest BCUT2D eigenvalue weighted by molar-refractivity contribution is 0.179. The highest BCUT2D eigenvalue weighted by Gasteiger charge is 2.25. The highest BCUT2D eigenvalue weighted by Crippen LogP contribution is 2.32. The van der Waals surface area contributed by atoms with Crippen molar-refractivity contribution in [1.82, 2.24) is 9.62 Å². The topological polar surface area (TPSA) is 82.7 Å². The van der Waals surface area contributed by atoms with Gasteiger partial charge < -0.3 is 15.4 Å². The number of nitrogens with zero attached hydrogens (tertiary/aromatic N) is 1. The van der Waals surface area contributed by atoms with Crippen LogP contribution in [0.2, 0.25) is 0 Å². The van der Waals surface area contributed by atoms with Crippen molar-refractivity contribution in [3.63, 3.8) is 0 Å². The first kappa shape index (κ1) is 26.6. The highest BCUT2D eigenvalue weighted by molar-refractivity contribution is 14.1. The van der Waals surface area contributed by atoms with Crippen LogP contribution in [0.4, 0.5) is 30.2 Å². The van der Waals surface area contributed by atoms with E-state index in [1.807, 2.05) is 36.4 Å². The first-order chi connectivity index (χ1) is 15.0. The van der Waals surface area contributed by atoms with E-state index in [2.05, 4.69) is 15.4 Å². The Balaban J connectivity index is 2.35. The largest absolute Gasteiger partial charge is 0.383 e. The Morgan fingerprint density at radius 2 is 1.75 bits per heavy atom. The molecule has 0 aromatic heterocycles. The summed E-state index contributed by atoms with van der Waals surface area (Å²) in [6.45, 7) is 4.53. The Kier molecular flexibility index (Phi) is 10.0. The van der Waals surface area contributed by atoms with E-state index in [4.69, 9.17) is 4.74 Å². The Labute approximate surface area is 200 Å². The molecule has 2 aromatic rings. The highest BCUT2D eigenvalue weighted by atomic mass is 127. The number of benzene rings is 2. The van der Waals surface area contributed by atoms with Crippen LogP contribution in [-0.4, -0.2) is 52.1 Å². The van der Waals surface area contributed by atoms with Crippen LogP contribution in [0.5, 0.6) is 0 Å². The molecule has 7 nitrogen and oxygen atoms in total. The van der Waals surface area contributed by atoms with E-state index in [9.17, 15) is 21.6 Å². The standard InChI is InChI=1S/C20H26F3IN4O3S/c1-13(2)25-8-9-28(10-11-31-3)32(29,30)27-18-7-5-15(21)19(23)20(18)26-17-6-4-14(24)12-16(17)22/h4-7,12-13,25-27H,8-11H2,1-3H3. The molecule has 0 heterocycles. The van der Waals surface area contributed by atoms with Gasteiger partial charge >= 0.3 is 10.2 Å². The molecular formula is C20H26F3IN4O3S. The molecule has 0 radical (unpaired) electrons. The Hall–Kier alpha value is -1.61. The molecule has 0 saturated carbocycles. The van der Waals surface area contributed by atoms with Gasteiger partial charge in [-0.1, -0.05) is 13.8 Å². The van der Waals surface area contributed by atoms with Gasteiger partial charge in [0.05, 0.1) is 18.0 Å². The number of hydrogen-bond acceptors (Lipinski definition) is 5. The van der Waals surface area contributed by atoms with Crippen LogP contribution in [-0.2, 0) is 14.9 Å². The van der Waals surface area contributed by atoms with Gasteiger partial charge in [-0.2, -0.15) is 12.7 Å². The first-order valence-corrected chi connectivity index (χ1v) is 12.3. The second kappa shape index (κ2) is 12.0. The molecule has 12 heteroatoms. The minimum absolute atomic E-state index is 0.0454. The molecule has 2 rings (SSSR count). The molecule has 0 aliphatic rings. The Morgan fingerprint density at radius 3 is 2.38 bits per heavy atom. The minimum Gasteiger partial charge on any atom is -0.383 e. The van der Waals surface area contributed by atoms with Crippen molar-refractivity contribution in [3.8, 4) is 0 Å². The fourth-order valence-corrected chi connectivity index (χ4v) is 4.39. The molecule has 0 aliphatic heterocycles. The monoisotopic (exact) mass is 586 g/mol. The molecule has 0 spiro atoms. The summed E-state index contributed by atoms with van der Waals surface area (Å²) in [5, 5.41) is 5.58. The zero-order chi connectivity index (χ0) is 23.9. The molecule has 0 aliphatic carbocycles. The van der Waals surface area contributed by atoms with E-state index in [0.29, 0.717) is 10.1 Å². The third-order valence-electron chi connectivity index (χ3n) is 4.32. The smallest absolute Gasteiger partial charge is 0.301 e. The molecular weight excluding hydrogens is 560 g/mol. The number of nitrogens with one attached hydrogen (secondary N) is 3. The van der Waals surface area contributed by atoms with Crippen molar-refractivity contribution >= 4 is 49.9 Å². The van der Waals surface area contributed by atoms with Crippen LogP contribution in [0.25, 0.3) is 0 Å². The predicted molar refractivity (Wildman–Crippen MR) is 128 cm³/mol. The van der Waals surface area contributed by atoms with Crippen LogP contribution >= 0.6 is 22.6 Å². The van der Waals surface area contributed by atoms with E-state index in [0.717, 1.165) is 16.4 Å².